The molecule has 1 aliphatic rings. The van der Waals surface area contributed by atoms with Gasteiger partial charge < -0.3 is 14.4 Å². The van der Waals surface area contributed by atoms with Gasteiger partial charge in [-0.1, -0.05) is 0 Å². The third-order valence-electron chi connectivity index (χ3n) is 2.57. The molecular weight excluding hydrogens is 198 g/mol. The normalized spacial score (nSPS) is 21.2. The van der Waals surface area contributed by atoms with E-state index in [0.717, 1.165) is 12.8 Å². The molecule has 0 spiro atoms. The fourth-order valence-electron chi connectivity index (χ4n) is 1.84. The van der Waals surface area contributed by atoms with Crippen LogP contribution in [0.15, 0.2) is 0 Å². The predicted octanol–water partition coefficient (Wildman–Crippen LogP) is 0.0444. The molecule has 1 rings (SSSR count). The van der Waals surface area contributed by atoms with Crippen LogP contribution in [0.4, 0.5) is 0 Å². The summed E-state index contributed by atoms with van der Waals surface area (Å²) in [5.41, 5.74) is 0. The van der Waals surface area contributed by atoms with Crippen molar-refractivity contribution in [1.29, 1.82) is 0 Å². The third kappa shape index (κ3) is 3.20. The Morgan fingerprint density at radius 2 is 2.13 bits per heavy atom. The van der Waals surface area contributed by atoms with E-state index in [1.54, 1.807) is 12.0 Å². The summed E-state index contributed by atoms with van der Waals surface area (Å²) in [6.07, 6.45) is 1.95. The second-order valence-corrected chi connectivity index (χ2v) is 3.71. The minimum absolute atomic E-state index is 0.331. The Labute approximate surface area is 89.3 Å². The molecule has 15 heavy (non-hydrogen) atoms. The van der Waals surface area contributed by atoms with Crippen LogP contribution in [0.5, 0.6) is 0 Å². The zero-order chi connectivity index (χ0) is 11.3. The number of piperidine rings is 1. The van der Waals surface area contributed by atoms with Crippen LogP contribution in [0, 0.1) is 5.92 Å². The number of hydrogen-bond acceptors (Lipinski definition) is 4. The van der Waals surface area contributed by atoms with Gasteiger partial charge in [0.1, 0.15) is 0 Å². The number of likely N-dealkylation sites (tertiary alicyclic amines) is 1. The molecule has 5 heteroatoms. The lowest BCUT2D eigenvalue weighted by Gasteiger charge is -2.31. The monoisotopic (exact) mass is 215 g/mol. The fourth-order valence-corrected chi connectivity index (χ4v) is 1.84. The highest BCUT2D eigenvalue weighted by atomic mass is 16.5. The maximum Gasteiger partial charge on any atom is 0.396 e. The van der Waals surface area contributed by atoms with E-state index in [0.29, 0.717) is 25.6 Å². The smallest absolute Gasteiger partial charge is 0.396 e. The first-order chi connectivity index (χ1) is 7.19. The Bertz CT molecular complexity index is 240. The van der Waals surface area contributed by atoms with Crippen molar-refractivity contribution < 1.29 is 19.1 Å². The van der Waals surface area contributed by atoms with Gasteiger partial charge in [0, 0.05) is 20.2 Å². The minimum Gasteiger partial charge on any atom is -0.462 e. The number of esters is 1. The van der Waals surface area contributed by atoms with Crippen LogP contribution in [0.1, 0.15) is 12.8 Å². The minimum atomic E-state index is -0.784. The molecule has 0 aromatic rings. The molecule has 1 fully saturated rings. The number of carbonyl (C=O) groups excluding carboxylic acids is 2. The lowest BCUT2D eigenvalue weighted by atomic mass is 9.99. The van der Waals surface area contributed by atoms with Crippen molar-refractivity contribution in [3.05, 3.63) is 0 Å². The molecule has 5 nitrogen and oxygen atoms in total. The quantitative estimate of drug-likeness (QED) is 0.482. The summed E-state index contributed by atoms with van der Waals surface area (Å²) in [5, 5.41) is 0. The van der Waals surface area contributed by atoms with Gasteiger partial charge in [-0.05, 0) is 18.8 Å². The van der Waals surface area contributed by atoms with E-state index in [9.17, 15) is 9.59 Å². The topological polar surface area (TPSA) is 55.8 Å². The van der Waals surface area contributed by atoms with Crippen molar-refractivity contribution in [3.8, 4) is 0 Å². The Kier molecular flexibility index (Phi) is 4.55. The van der Waals surface area contributed by atoms with Gasteiger partial charge in [-0.15, -0.1) is 0 Å². The summed E-state index contributed by atoms with van der Waals surface area (Å²) in [7, 11) is 2.86. The predicted molar refractivity (Wildman–Crippen MR) is 53.2 cm³/mol. The van der Waals surface area contributed by atoms with Crippen LogP contribution in [-0.2, 0) is 19.1 Å². The molecule has 1 aliphatic heterocycles. The molecule has 0 aromatic carbocycles. The highest BCUT2D eigenvalue weighted by Gasteiger charge is 2.28. The molecule has 0 bridgehead atoms. The van der Waals surface area contributed by atoms with E-state index >= 15 is 0 Å². The molecule has 0 aliphatic carbocycles. The number of methoxy groups -OCH3 is 2. The molecule has 0 aromatic heterocycles. The number of nitrogens with zero attached hydrogens (tertiary/aromatic N) is 1. The standard InChI is InChI=1S/C10H17NO4/c1-14-7-8-4-3-5-11(6-8)9(12)10(13)15-2/h8H,3-7H2,1-2H3. The summed E-state index contributed by atoms with van der Waals surface area (Å²) < 4.78 is 9.44. The number of amides is 1. The van der Waals surface area contributed by atoms with Crippen molar-refractivity contribution in [3.63, 3.8) is 0 Å². The van der Waals surface area contributed by atoms with Crippen LogP contribution in [0.2, 0.25) is 0 Å². The average molecular weight is 215 g/mol. The zero-order valence-corrected chi connectivity index (χ0v) is 9.19. The first kappa shape index (κ1) is 12.0. The van der Waals surface area contributed by atoms with Crippen LogP contribution in [0.3, 0.4) is 0 Å². The molecule has 1 amide bonds. The number of rotatable bonds is 2. The molecule has 1 unspecified atom stereocenters. The SMILES string of the molecule is COCC1CCCN(C(=O)C(=O)OC)C1. The summed E-state index contributed by atoms with van der Waals surface area (Å²) >= 11 is 0. The second kappa shape index (κ2) is 5.70. The summed E-state index contributed by atoms with van der Waals surface area (Å²) in [5.74, 6) is -0.997. The maximum atomic E-state index is 11.5. The number of ether oxygens (including phenoxy) is 2. The Morgan fingerprint density at radius 1 is 1.40 bits per heavy atom. The Balaban J connectivity index is 2.48. The van der Waals surface area contributed by atoms with Crippen molar-refractivity contribution in [2.75, 3.05) is 33.9 Å². The van der Waals surface area contributed by atoms with E-state index in [1.165, 1.54) is 7.11 Å². The molecule has 1 atom stereocenters. The Hall–Kier alpha value is -1.10. The highest BCUT2D eigenvalue weighted by molar-refractivity contribution is 6.32. The molecule has 0 N–H and O–H groups in total. The van der Waals surface area contributed by atoms with E-state index in [1.807, 2.05) is 0 Å². The van der Waals surface area contributed by atoms with E-state index in [2.05, 4.69) is 4.74 Å². The largest absolute Gasteiger partial charge is 0.462 e. The van der Waals surface area contributed by atoms with Gasteiger partial charge in [0.25, 0.3) is 0 Å². The van der Waals surface area contributed by atoms with E-state index in [-0.39, 0.29) is 0 Å². The van der Waals surface area contributed by atoms with Crippen LogP contribution >= 0.6 is 0 Å². The van der Waals surface area contributed by atoms with Crippen molar-refractivity contribution in [2.45, 2.75) is 12.8 Å². The van der Waals surface area contributed by atoms with Gasteiger partial charge in [-0.2, -0.15) is 0 Å². The van der Waals surface area contributed by atoms with Gasteiger partial charge in [0.2, 0.25) is 0 Å². The number of hydrogen-bond donors (Lipinski definition) is 0. The summed E-state index contributed by atoms with van der Waals surface area (Å²) in [4.78, 5) is 24.1. The zero-order valence-electron chi connectivity index (χ0n) is 9.19. The van der Waals surface area contributed by atoms with Crippen molar-refractivity contribution in [2.24, 2.45) is 5.92 Å². The Morgan fingerprint density at radius 3 is 2.73 bits per heavy atom. The molecule has 1 saturated heterocycles. The van der Waals surface area contributed by atoms with Crippen LogP contribution in [0.25, 0.3) is 0 Å². The lowest BCUT2D eigenvalue weighted by molar-refractivity contribution is -0.159. The first-order valence-electron chi connectivity index (χ1n) is 5.05. The molecular formula is C10H17NO4. The molecule has 0 saturated carbocycles. The fraction of sp³-hybridized carbons (Fsp3) is 0.800. The van der Waals surface area contributed by atoms with Crippen molar-refractivity contribution >= 4 is 11.9 Å². The lowest BCUT2D eigenvalue weighted by Crippen LogP contribution is -2.44. The van der Waals surface area contributed by atoms with Crippen LogP contribution < -0.4 is 0 Å². The molecule has 0 radical (unpaired) electrons. The van der Waals surface area contributed by atoms with Gasteiger partial charge >= 0.3 is 11.9 Å². The summed E-state index contributed by atoms with van der Waals surface area (Å²) in [6, 6.07) is 0. The summed E-state index contributed by atoms with van der Waals surface area (Å²) in [6.45, 7) is 1.85. The van der Waals surface area contributed by atoms with Gasteiger partial charge in [-0.25, -0.2) is 4.79 Å². The van der Waals surface area contributed by atoms with E-state index in [4.69, 9.17) is 4.74 Å². The van der Waals surface area contributed by atoms with Gasteiger partial charge in [-0.3, -0.25) is 4.79 Å². The average Bonchev–Trinajstić information content (AvgIpc) is 2.28. The van der Waals surface area contributed by atoms with Gasteiger partial charge in [0.05, 0.1) is 13.7 Å². The second-order valence-electron chi connectivity index (χ2n) is 3.71. The highest BCUT2D eigenvalue weighted by Crippen LogP contribution is 2.16. The van der Waals surface area contributed by atoms with Gasteiger partial charge in [0.15, 0.2) is 0 Å². The maximum absolute atomic E-state index is 11.5. The first-order valence-corrected chi connectivity index (χ1v) is 5.05. The molecule has 86 valence electrons. The molecule has 1 heterocycles. The van der Waals surface area contributed by atoms with Crippen LogP contribution in [-0.4, -0.2) is 50.7 Å². The number of carbonyl (C=O) groups is 2. The third-order valence-corrected chi connectivity index (χ3v) is 2.57. The van der Waals surface area contributed by atoms with Crippen molar-refractivity contribution in [1.82, 2.24) is 4.90 Å². The van der Waals surface area contributed by atoms with E-state index < -0.39 is 11.9 Å².